The highest BCUT2D eigenvalue weighted by molar-refractivity contribution is 5.78. The molecule has 5 heterocycles. The summed E-state index contributed by atoms with van der Waals surface area (Å²) in [6, 6.07) is 1.80. The lowest BCUT2D eigenvalue weighted by Crippen LogP contribution is -2.39. The van der Waals surface area contributed by atoms with Gasteiger partial charge in [0.2, 0.25) is 5.91 Å². The second kappa shape index (κ2) is 7.47. The first kappa shape index (κ1) is 19.7. The number of halogens is 3. The van der Waals surface area contributed by atoms with E-state index in [0.29, 0.717) is 42.1 Å². The van der Waals surface area contributed by atoms with Gasteiger partial charge in [-0.25, -0.2) is 19.9 Å². The lowest BCUT2D eigenvalue weighted by Gasteiger charge is -2.36. The quantitative estimate of drug-likeness (QED) is 0.686. The van der Waals surface area contributed by atoms with Crippen LogP contribution in [0.3, 0.4) is 0 Å². The van der Waals surface area contributed by atoms with Gasteiger partial charge in [0.05, 0.1) is 12.4 Å². The zero-order valence-corrected chi connectivity index (χ0v) is 16.5. The van der Waals surface area contributed by atoms with Crippen molar-refractivity contribution in [1.29, 1.82) is 0 Å². The van der Waals surface area contributed by atoms with Crippen LogP contribution in [0.25, 0.3) is 17.2 Å². The number of alkyl halides is 3. The van der Waals surface area contributed by atoms with Gasteiger partial charge in [0.1, 0.15) is 11.5 Å². The summed E-state index contributed by atoms with van der Waals surface area (Å²) in [6.07, 6.45) is 3.11. The molecule has 2 saturated heterocycles. The average molecular weight is 431 g/mol. The van der Waals surface area contributed by atoms with Gasteiger partial charge in [0, 0.05) is 38.4 Å². The Bertz CT molecular complexity index is 1130. The third-order valence-corrected chi connectivity index (χ3v) is 6.01. The van der Waals surface area contributed by atoms with Crippen LogP contribution < -0.4 is 10.2 Å². The molecule has 0 aromatic carbocycles. The summed E-state index contributed by atoms with van der Waals surface area (Å²) >= 11 is 0. The molecule has 3 aromatic rings. The van der Waals surface area contributed by atoms with Gasteiger partial charge in [-0.15, -0.1) is 0 Å². The second-order valence-corrected chi connectivity index (χ2v) is 8.00. The summed E-state index contributed by atoms with van der Waals surface area (Å²) in [5, 5.41) is 2.90. The van der Waals surface area contributed by atoms with Crippen molar-refractivity contribution in [2.75, 3.05) is 24.5 Å². The first-order chi connectivity index (χ1) is 14.9. The highest BCUT2D eigenvalue weighted by Crippen LogP contribution is 2.31. The number of amides is 1. The second-order valence-electron chi connectivity index (χ2n) is 8.00. The number of nitrogens with one attached hydrogen (secondary N) is 1. The van der Waals surface area contributed by atoms with Crippen molar-refractivity contribution in [3.63, 3.8) is 0 Å². The Morgan fingerprint density at radius 1 is 1.13 bits per heavy atom. The van der Waals surface area contributed by atoms with Crippen molar-refractivity contribution < 1.29 is 18.0 Å². The number of piperidine rings is 1. The topological polar surface area (TPSA) is 88.3 Å². The van der Waals surface area contributed by atoms with E-state index in [1.165, 1.54) is 10.6 Å². The molecule has 0 spiro atoms. The normalized spacial score (nSPS) is 22.2. The minimum atomic E-state index is -4.56. The van der Waals surface area contributed by atoms with Crippen molar-refractivity contribution in [1.82, 2.24) is 29.7 Å². The van der Waals surface area contributed by atoms with E-state index >= 15 is 0 Å². The minimum absolute atomic E-state index is 0.103. The van der Waals surface area contributed by atoms with E-state index in [0.717, 1.165) is 38.3 Å². The summed E-state index contributed by atoms with van der Waals surface area (Å²) in [6.45, 7) is 2.32. The Kier molecular flexibility index (Phi) is 4.75. The van der Waals surface area contributed by atoms with Gasteiger partial charge in [-0.2, -0.15) is 13.2 Å². The fourth-order valence-corrected chi connectivity index (χ4v) is 4.41. The minimum Gasteiger partial charge on any atom is -0.356 e. The van der Waals surface area contributed by atoms with Gasteiger partial charge >= 0.3 is 6.18 Å². The van der Waals surface area contributed by atoms with Crippen LogP contribution in [-0.2, 0) is 11.0 Å². The first-order valence-corrected chi connectivity index (χ1v) is 10.1. The maximum absolute atomic E-state index is 13.1. The molecule has 0 aliphatic carbocycles. The predicted molar refractivity (Wildman–Crippen MR) is 105 cm³/mol. The molecular formula is C20H20F3N7O. The van der Waals surface area contributed by atoms with E-state index in [9.17, 15) is 18.0 Å². The molecule has 2 aliphatic rings. The van der Waals surface area contributed by atoms with Crippen LogP contribution in [0.4, 0.5) is 19.0 Å². The summed E-state index contributed by atoms with van der Waals surface area (Å²) in [5.74, 6) is 1.83. The SMILES string of the molecule is O=C1CC(C2CCCN(c3ccnc(-c4cnc5cnc(C(F)(F)F)cn45)n3)C2)CN1. The van der Waals surface area contributed by atoms with Crippen LogP contribution in [0.1, 0.15) is 25.0 Å². The molecule has 2 aliphatic heterocycles. The zero-order chi connectivity index (χ0) is 21.6. The smallest absolute Gasteiger partial charge is 0.356 e. The van der Waals surface area contributed by atoms with Crippen LogP contribution in [-0.4, -0.2) is 49.9 Å². The Balaban J connectivity index is 1.43. The molecule has 31 heavy (non-hydrogen) atoms. The Morgan fingerprint density at radius 3 is 2.77 bits per heavy atom. The van der Waals surface area contributed by atoms with Crippen molar-refractivity contribution >= 4 is 17.4 Å². The van der Waals surface area contributed by atoms with E-state index in [1.807, 2.05) is 0 Å². The van der Waals surface area contributed by atoms with Gasteiger partial charge in [-0.05, 0) is 30.7 Å². The van der Waals surface area contributed by atoms with Gasteiger partial charge in [0.25, 0.3) is 0 Å². The van der Waals surface area contributed by atoms with E-state index in [4.69, 9.17) is 0 Å². The Labute approximate surface area is 175 Å². The average Bonchev–Trinajstić information content (AvgIpc) is 3.39. The van der Waals surface area contributed by atoms with E-state index < -0.39 is 11.9 Å². The number of rotatable bonds is 3. The molecule has 2 fully saturated rings. The fraction of sp³-hybridized carbons (Fsp3) is 0.450. The lowest BCUT2D eigenvalue weighted by atomic mass is 9.85. The highest BCUT2D eigenvalue weighted by Gasteiger charge is 2.34. The van der Waals surface area contributed by atoms with E-state index in [2.05, 4.69) is 30.2 Å². The van der Waals surface area contributed by atoms with Crippen LogP contribution in [0.15, 0.2) is 30.9 Å². The number of nitrogens with zero attached hydrogens (tertiary/aromatic N) is 6. The largest absolute Gasteiger partial charge is 0.434 e. The highest BCUT2D eigenvalue weighted by atomic mass is 19.4. The molecular weight excluding hydrogens is 411 g/mol. The fourth-order valence-electron chi connectivity index (χ4n) is 4.41. The van der Waals surface area contributed by atoms with Crippen LogP contribution in [0.5, 0.6) is 0 Å². The first-order valence-electron chi connectivity index (χ1n) is 10.1. The van der Waals surface area contributed by atoms with Crippen LogP contribution in [0, 0.1) is 11.8 Å². The molecule has 3 aromatic heterocycles. The van der Waals surface area contributed by atoms with Gasteiger partial charge in [-0.3, -0.25) is 9.20 Å². The van der Waals surface area contributed by atoms with Crippen molar-refractivity contribution in [2.24, 2.45) is 11.8 Å². The van der Waals surface area contributed by atoms with Crippen molar-refractivity contribution in [2.45, 2.75) is 25.4 Å². The van der Waals surface area contributed by atoms with E-state index in [-0.39, 0.29) is 11.6 Å². The molecule has 2 atom stereocenters. The van der Waals surface area contributed by atoms with Crippen LogP contribution in [0.2, 0.25) is 0 Å². The number of carbonyl (C=O) groups excluding carboxylic acids is 1. The molecule has 5 rings (SSSR count). The monoisotopic (exact) mass is 431 g/mol. The molecule has 0 radical (unpaired) electrons. The van der Waals surface area contributed by atoms with Crippen LogP contribution >= 0.6 is 0 Å². The maximum atomic E-state index is 13.1. The van der Waals surface area contributed by atoms with E-state index in [1.54, 1.807) is 12.3 Å². The molecule has 2 unspecified atom stereocenters. The molecule has 8 nitrogen and oxygen atoms in total. The zero-order valence-electron chi connectivity index (χ0n) is 16.5. The molecule has 11 heteroatoms. The van der Waals surface area contributed by atoms with Crippen molar-refractivity contribution in [3.8, 4) is 11.5 Å². The number of hydrogen-bond acceptors (Lipinski definition) is 6. The Morgan fingerprint density at radius 2 is 2.00 bits per heavy atom. The van der Waals surface area contributed by atoms with Gasteiger partial charge in [-0.1, -0.05) is 0 Å². The number of fused-ring (bicyclic) bond motifs is 1. The molecule has 0 saturated carbocycles. The number of imidazole rings is 1. The molecule has 1 N–H and O–H groups in total. The van der Waals surface area contributed by atoms with Gasteiger partial charge < -0.3 is 10.2 Å². The van der Waals surface area contributed by atoms with Gasteiger partial charge in [0.15, 0.2) is 17.2 Å². The molecule has 0 bridgehead atoms. The lowest BCUT2D eigenvalue weighted by molar-refractivity contribution is -0.141. The number of anilines is 1. The summed E-state index contributed by atoms with van der Waals surface area (Å²) in [7, 11) is 0. The number of aromatic nitrogens is 5. The third kappa shape index (κ3) is 3.79. The summed E-state index contributed by atoms with van der Waals surface area (Å²) < 4.78 is 40.6. The summed E-state index contributed by atoms with van der Waals surface area (Å²) in [4.78, 5) is 30.2. The predicted octanol–water partition coefficient (Wildman–Crippen LogP) is 2.56. The molecule has 1 amide bonds. The number of carbonyl (C=O) groups is 1. The third-order valence-electron chi connectivity index (χ3n) is 6.01. The van der Waals surface area contributed by atoms with Crippen molar-refractivity contribution in [3.05, 3.63) is 36.5 Å². The summed E-state index contributed by atoms with van der Waals surface area (Å²) in [5.41, 5.74) is -0.355. The maximum Gasteiger partial charge on any atom is 0.434 e. The number of hydrogen-bond donors (Lipinski definition) is 1. The standard InChI is InChI=1S/C20H20F3N7O/c21-20(22,23)15-11-30-14(8-26-17(30)9-25-15)19-24-4-3-16(28-19)29-5-1-2-12(10-29)13-6-18(31)27-7-13/h3-4,8-9,11-13H,1-2,5-7,10H2,(H,27,31). The molecule has 162 valence electrons. The Hall–Kier alpha value is -3.24.